The van der Waals surface area contributed by atoms with Crippen molar-refractivity contribution in [2.75, 3.05) is 13.2 Å². The molecule has 1 unspecified atom stereocenters. The highest BCUT2D eigenvalue weighted by Crippen LogP contribution is 2.33. The van der Waals surface area contributed by atoms with Crippen molar-refractivity contribution in [1.82, 2.24) is 4.90 Å². The molecule has 0 saturated heterocycles. The molecule has 1 aliphatic heterocycles. The van der Waals surface area contributed by atoms with E-state index in [1.54, 1.807) is 12.1 Å². The van der Waals surface area contributed by atoms with E-state index in [9.17, 15) is 14.7 Å². The number of hydrogen-bond acceptors (Lipinski definition) is 4. The first-order chi connectivity index (χ1) is 13.1. The average molecular weight is 367 g/mol. The summed E-state index contributed by atoms with van der Waals surface area (Å²) in [5.74, 6) is 0.213. The summed E-state index contributed by atoms with van der Waals surface area (Å²) >= 11 is 0. The molecule has 0 aromatic heterocycles. The standard InChI is InChI=1S/C22H25NO4/c1-3-15-9-10-17(13-20(15)27-4-2)19(11-12-24)23-21(25)14-16-7-5-6-8-18(16)22(23)26/h5-10,13,19,24H,3-4,11-12,14H2,1-2H3. The molecule has 2 aromatic carbocycles. The molecule has 1 atom stereocenters. The van der Waals surface area contributed by atoms with Crippen LogP contribution in [0, 0.1) is 0 Å². The Morgan fingerprint density at radius 1 is 1.15 bits per heavy atom. The third-order valence-corrected chi connectivity index (χ3v) is 4.95. The molecular weight excluding hydrogens is 342 g/mol. The molecule has 1 heterocycles. The fourth-order valence-electron chi connectivity index (χ4n) is 3.62. The Labute approximate surface area is 159 Å². The fourth-order valence-corrected chi connectivity index (χ4v) is 3.62. The van der Waals surface area contributed by atoms with Crippen molar-refractivity contribution in [2.24, 2.45) is 0 Å². The van der Waals surface area contributed by atoms with Gasteiger partial charge in [0.1, 0.15) is 5.75 Å². The van der Waals surface area contributed by atoms with Crippen molar-refractivity contribution in [3.63, 3.8) is 0 Å². The average Bonchev–Trinajstić information content (AvgIpc) is 2.67. The molecule has 0 spiro atoms. The molecule has 0 bridgehead atoms. The summed E-state index contributed by atoms with van der Waals surface area (Å²) in [5.41, 5.74) is 3.17. The van der Waals surface area contributed by atoms with Crippen LogP contribution in [0.15, 0.2) is 42.5 Å². The molecule has 1 N–H and O–H groups in total. The number of aryl methyl sites for hydroxylation is 1. The van der Waals surface area contributed by atoms with Gasteiger partial charge in [0.05, 0.1) is 19.1 Å². The second-order valence-corrected chi connectivity index (χ2v) is 6.58. The molecule has 0 aliphatic carbocycles. The van der Waals surface area contributed by atoms with E-state index in [0.29, 0.717) is 12.2 Å². The van der Waals surface area contributed by atoms with Crippen LogP contribution in [0.3, 0.4) is 0 Å². The van der Waals surface area contributed by atoms with Gasteiger partial charge in [-0.15, -0.1) is 0 Å². The van der Waals surface area contributed by atoms with Crippen molar-refractivity contribution in [3.05, 3.63) is 64.7 Å². The van der Waals surface area contributed by atoms with Crippen molar-refractivity contribution >= 4 is 11.8 Å². The minimum absolute atomic E-state index is 0.122. The highest BCUT2D eigenvalue weighted by atomic mass is 16.5. The number of carbonyl (C=O) groups excluding carboxylic acids is 2. The molecule has 142 valence electrons. The van der Waals surface area contributed by atoms with Crippen LogP contribution in [0.1, 0.15) is 53.4 Å². The number of carbonyl (C=O) groups is 2. The van der Waals surface area contributed by atoms with Crippen LogP contribution in [-0.4, -0.2) is 35.0 Å². The SMILES string of the molecule is CCOc1cc(C(CCO)N2C(=O)Cc3ccccc3C2=O)ccc1CC. The first-order valence-corrected chi connectivity index (χ1v) is 9.41. The third kappa shape index (κ3) is 3.74. The van der Waals surface area contributed by atoms with Gasteiger partial charge in [-0.2, -0.15) is 0 Å². The number of fused-ring (bicyclic) bond motifs is 1. The Bertz CT molecular complexity index is 846. The number of hydrogen-bond donors (Lipinski definition) is 1. The molecule has 0 radical (unpaired) electrons. The van der Waals surface area contributed by atoms with Crippen LogP contribution in [0.25, 0.3) is 0 Å². The van der Waals surface area contributed by atoms with Gasteiger partial charge in [0.2, 0.25) is 5.91 Å². The van der Waals surface area contributed by atoms with Gasteiger partial charge in [-0.3, -0.25) is 14.5 Å². The van der Waals surface area contributed by atoms with E-state index in [0.717, 1.165) is 28.9 Å². The first kappa shape index (κ1) is 19.1. The highest BCUT2D eigenvalue weighted by Gasteiger charge is 2.36. The normalized spacial score (nSPS) is 14.9. The molecule has 0 saturated carbocycles. The molecule has 5 nitrogen and oxygen atoms in total. The van der Waals surface area contributed by atoms with Gasteiger partial charge >= 0.3 is 0 Å². The van der Waals surface area contributed by atoms with E-state index in [1.165, 1.54) is 4.90 Å². The second kappa shape index (κ2) is 8.35. The van der Waals surface area contributed by atoms with Crippen LogP contribution < -0.4 is 4.74 Å². The van der Waals surface area contributed by atoms with Crippen molar-refractivity contribution in [3.8, 4) is 5.75 Å². The fraction of sp³-hybridized carbons (Fsp3) is 0.364. The number of ether oxygens (including phenoxy) is 1. The molecule has 27 heavy (non-hydrogen) atoms. The third-order valence-electron chi connectivity index (χ3n) is 4.95. The lowest BCUT2D eigenvalue weighted by Gasteiger charge is -2.34. The summed E-state index contributed by atoms with van der Waals surface area (Å²) < 4.78 is 5.74. The Morgan fingerprint density at radius 2 is 1.93 bits per heavy atom. The smallest absolute Gasteiger partial charge is 0.261 e. The highest BCUT2D eigenvalue weighted by molar-refractivity contribution is 6.10. The molecule has 5 heteroatoms. The van der Waals surface area contributed by atoms with Crippen LogP contribution in [0.2, 0.25) is 0 Å². The van der Waals surface area contributed by atoms with Crippen LogP contribution in [0.4, 0.5) is 0 Å². The lowest BCUT2D eigenvalue weighted by molar-refractivity contribution is -0.130. The predicted molar refractivity (Wildman–Crippen MR) is 103 cm³/mol. The molecule has 1 aliphatic rings. The number of aliphatic hydroxyl groups is 1. The maximum atomic E-state index is 13.0. The van der Waals surface area contributed by atoms with E-state index in [2.05, 4.69) is 6.92 Å². The number of nitrogens with zero attached hydrogens (tertiary/aromatic N) is 1. The predicted octanol–water partition coefficient (Wildman–Crippen LogP) is 3.30. The number of amides is 2. The van der Waals surface area contributed by atoms with Crippen LogP contribution >= 0.6 is 0 Å². The van der Waals surface area contributed by atoms with E-state index in [1.807, 2.05) is 37.3 Å². The number of imide groups is 1. The topological polar surface area (TPSA) is 66.8 Å². The lowest BCUT2D eigenvalue weighted by Crippen LogP contribution is -2.44. The molecule has 0 fully saturated rings. The zero-order valence-electron chi connectivity index (χ0n) is 15.8. The summed E-state index contributed by atoms with van der Waals surface area (Å²) in [6, 6.07) is 12.5. The summed E-state index contributed by atoms with van der Waals surface area (Å²) in [6.45, 7) is 4.39. The number of rotatable bonds is 7. The maximum absolute atomic E-state index is 13.0. The summed E-state index contributed by atoms with van der Waals surface area (Å²) in [4.78, 5) is 27.1. The van der Waals surface area contributed by atoms with Gasteiger partial charge in [-0.25, -0.2) is 0 Å². The Hall–Kier alpha value is -2.66. The molecular formula is C22H25NO4. The number of benzene rings is 2. The zero-order valence-corrected chi connectivity index (χ0v) is 15.8. The lowest BCUT2D eigenvalue weighted by atomic mass is 9.93. The summed E-state index contributed by atoms with van der Waals surface area (Å²) in [6.07, 6.45) is 1.31. The minimum Gasteiger partial charge on any atom is -0.494 e. The monoisotopic (exact) mass is 367 g/mol. The van der Waals surface area contributed by atoms with Gasteiger partial charge in [0, 0.05) is 12.2 Å². The van der Waals surface area contributed by atoms with Gasteiger partial charge in [0.25, 0.3) is 5.91 Å². The Balaban J connectivity index is 2.02. The van der Waals surface area contributed by atoms with Gasteiger partial charge in [-0.1, -0.05) is 37.3 Å². The van der Waals surface area contributed by atoms with Gasteiger partial charge in [0.15, 0.2) is 0 Å². The van der Waals surface area contributed by atoms with E-state index >= 15 is 0 Å². The van der Waals surface area contributed by atoms with Crippen molar-refractivity contribution in [1.29, 1.82) is 0 Å². The second-order valence-electron chi connectivity index (χ2n) is 6.58. The Morgan fingerprint density at radius 3 is 2.63 bits per heavy atom. The van der Waals surface area contributed by atoms with E-state index in [4.69, 9.17) is 4.74 Å². The molecule has 2 aromatic rings. The minimum atomic E-state index is -0.520. The van der Waals surface area contributed by atoms with Gasteiger partial charge < -0.3 is 9.84 Å². The van der Waals surface area contributed by atoms with Crippen LogP contribution in [0.5, 0.6) is 5.75 Å². The zero-order chi connectivity index (χ0) is 19.4. The summed E-state index contributed by atoms with van der Waals surface area (Å²) in [5, 5.41) is 9.59. The van der Waals surface area contributed by atoms with Crippen LogP contribution in [-0.2, 0) is 17.6 Å². The van der Waals surface area contributed by atoms with Crippen molar-refractivity contribution in [2.45, 2.75) is 39.2 Å². The van der Waals surface area contributed by atoms with Gasteiger partial charge in [-0.05, 0) is 48.6 Å². The largest absolute Gasteiger partial charge is 0.494 e. The molecule has 2 amide bonds. The maximum Gasteiger partial charge on any atom is 0.261 e. The number of aliphatic hydroxyl groups excluding tert-OH is 1. The van der Waals surface area contributed by atoms with E-state index in [-0.39, 0.29) is 31.3 Å². The van der Waals surface area contributed by atoms with Crippen molar-refractivity contribution < 1.29 is 19.4 Å². The first-order valence-electron chi connectivity index (χ1n) is 9.41. The molecule has 3 rings (SSSR count). The summed E-state index contributed by atoms with van der Waals surface area (Å²) in [7, 11) is 0. The Kier molecular flexibility index (Phi) is 5.91. The quantitative estimate of drug-likeness (QED) is 0.763. The van der Waals surface area contributed by atoms with E-state index < -0.39 is 6.04 Å².